The highest BCUT2D eigenvalue weighted by Crippen LogP contribution is 2.30. The molecule has 0 saturated heterocycles. The molecule has 0 unspecified atom stereocenters. The lowest BCUT2D eigenvalue weighted by atomic mass is 10.1. The summed E-state index contributed by atoms with van der Waals surface area (Å²) in [4.78, 5) is 4.52. The molecule has 2 heterocycles. The van der Waals surface area contributed by atoms with Crippen LogP contribution in [-0.4, -0.2) is 10.8 Å². The number of benzene rings is 2. The minimum Gasteiger partial charge on any atom is -0.442 e. The minimum absolute atomic E-state index is 0.352. The summed E-state index contributed by atoms with van der Waals surface area (Å²) in [5.74, 6) is 1.07. The molecule has 2 aromatic carbocycles. The number of furan rings is 1. The van der Waals surface area contributed by atoms with E-state index in [0.29, 0.717) is 23.8 Å². The first-order valence-corrected chi connectivity index (χ1v) is 9.74. The van der Waals surface area contributed by atoms with Gasteiger partial charge in [-0.15, -0.1) is 0 Å². The van der Waals surface area contributed by atoms with E-state index in [0.717, 1.165) is 38.3 Å². The fraction of sp³-hybridized carbons (Fsp3) is 0.167. The van der Waals surface area contributed by atoms with Crippen molar-refractivity contribution < 1.29 is 4.42 Å². The van der Waals surface area contributed by atoms with Gasteiger partial charge in [0.1, 0.15) is 17.4 Å². The predicted molar refractivity (Wildman–Crippen MR) is 117 cm³/mol. The fourth-order valence-electron chi connectivity index (χ4n) is 3.58. The third kappa shape index (κ3) is 3.35. The smallest absolute Gasteiger partial charge is 0.237 e. The van der Waals surface area contributed by atoms with Crippen LogP contribution in [0.2, 0.25) is 5.02 Å². The van der Waals surface area contributed by atoms with Gasteiger partial charge in [-0.25, -0.2) is 4.99 Å². The maximum absolute atomic E-state index is 9.43. The number of rotatable bonds is 4. The molecule has 5 heteroatoms. The first kappa shape index (κ1) is 19.0. The third-order valence-electron chi connectivity index (χ3n) is 5.36. The standard InChI is InChI=1S/C24H20ClN3O/c1-15-17(3)29-24(20(15)12-26)27-13-21-16(2)28(23-11-7-5-9-19(21)23)14-18-8-4-6-10-22(18)25/h4-11,13H,14H2,1-3H3/b27-13+. The number of fused-ring (bicyclic) bond motifs is 1. The Kier molecular flexibility index (Phi) is 5.00. The highest BCUT2D eigenvalue weighted by Gasteiger charge is 2.16. The van der Waals surface area contributed by atoms with Crippen molar-refractivity contribution in [3.05, 3.63) is 87.3 Å². The van der Waals surface area contributed by atoms with E-state index in [-0.39, 0.29) is 0 Å². The van der Waals surface area contributed by atoms with Gasteiger partial charge in [0.15, 0.2) is 0 Å². The van der Waals surface area contributed by atoms with Gasteiger partial charge in [0.05, 0.1) is 0 Å². The number of nitrogens with zero attached hydrogens (tertiary/aromatic N) is 3. The number of hydrogen-bond donors (Lipinski definition) is 0. The first-order valence-electron chi connectivity index (χ1n) is 9.36. The van der Waals surface area contributed by atoms with Crippen LogP contribution in [0.3, 0.4) is 0 Å². The van der Waals surface area contributed by atoms with E-state index in [1.54, 1.807) is 6.21 Å². The Labute approximate surface area is 174 Å². The fourth-order valence-corrected chi connectivity index (χ4v) is 3.77. The quantitative estimate of drug-likeness (QED) is 0.367. The van der Waals surface area contributed by atoms with Gasteiger partial charge >= 0.3 is 0 Å². The summed E-state index contributed by atoms with van der Waals surface area (Å²) < 4.78 is 7.92. The predicted octanol–water partition coefficient (Wildman–Crippen LogP) is 6.48. The molecule has 4 aromatic rings. The lowest BCUT2D eigenvalue weighted by Gasteiger charge is -2.10. The molecule has 0 aliphatic carbocycles. The van der Waals surface area contributed by atoms with E-state index in [1.165, 1.54) is 0 Å². The van der Waals surface area contributed by atoms with Crippen molar-refractivity contribution in [3.63, 3.8) is 0 Å². The Bertz CT molecular complexity index is 1290. The van der Waals surface area contributed by atoms with E-state index in [1.807, 2.05) is 50.2 Å². The van der Waals surface area contributed by atoms with Gasteiger partial charge in [-0.3, -0.25) is 0 Å². The number of hydrogen-bond acceptors (Lipinski definition) is 3. The van der Waals surface area contributed by atoms with Crippen molar-refractivity contribution >= 4 is 34.6 Å². The van der Waals surface area contributed by atoms with Crippen LogP contribution in [0.4, 0.5) is 5.88 Å². The van der Waals surface area contributed by atoms with E-state index in [4.69, 9.17) is 16.0 Å². The molecular formula is C24H20ClN3O. The van der Waals surface area contributed by atoms with Gasteiger partial charge in [-0.2, -0.15) is 5.26 Å². The first-order chi connectivity index (χ1) is 14.0. The Morgan fingerprint density at radius 2 is 1.83 bits per heavy atom. The van der Waals surface area contributed by atoms with Crippen molar-refractivity contribution in [2.24, 2.45) is 4.99 Å². The molecular weight excluding hydrogens is 382 g/mol. The average molecular weight is 402 g/mol. The second-order valence-corrected chi connectivity index (χ2v) is 7.43. The zero-order valence-corrected chi connectivity index (χ0v) is 17.3. The molecule has 0 spiro atoms. The second kappa shape index (κ2) is 7.62. The van der Waals surface area contributed by atoms with Gasteiger partial charge < -0.3 is 8.98 Å². The maximum atomic E-state index is 9.43. The van der Waals surface area contributed by atoms with Crippen LogP contribution in [0.15, 0.2) is 57.9 Å². The van der Waals surface area contributed by atoms with Crippen molar-refractivity contribution in [1.29, 1.82) is 5.26 Å². The molecule has 0 aliphatic heterocycles. The molecule has 0 N–H and O–H groups in total. The topological polar surface area (TPSA) is 54.2 Å². The van der Waals surface area contributed by atoms with Crippen LogP contribution >= 0.6 is 11.6 Å². The van der Waals surface area contributed by atoms with Gasteiger partial charge in [0.25, 0.3) is 0 Å². The van der Waals surface area contributed by atoms with E-state index in [9.17, 15) is 5.26 Å². The van der Waals surface area contributed by atoms with Gasteiger partial charge in [0.2, 0.25) is 5.88 Å². The molecule has 0 aliphatic rings. The molecule has 0 radical (unpaired) electrons. The monoisotopic (exact) mass is 401 g/mol. The summed E-state index contributed by atoms with van der Waals surface area (Å²) >= 11 is 6.39. The summed E-state index contributed by atoms with van der Waals surface area (Å²) in [6.07, 6.45) is 1.79. The van der Waals surface area contributed by atoms with Gasteiger partial charge in [-0.1, -0.05) is 48.0 Å². The third-order valence-corrected chi connectivity index (χ3v) is 5.72. The summed E-state index contributed by atoms with van der Waals surface area (Å²) in [5.41, 5.74) is 5.56. The average Bonchev–Trinajstić information content (AvgIpc) is 3.15. The van der Waals surface area contributed by atoms with Crippen LogP contribution in [-0.2, 0) is 6.54 Å². The van der Waals surface area contributed by atoms with Gasteiger partial charge in [0, 0.05) is 45.5 Å². The van der Waals surface area contributed by atoms with Crippen LogP contribution in [0, 0.1) is 32.1 Å². The second-order valence-electron chi connectivity index (χ2n) is 7.03. The molecule has 2 aromatic heterocycles. The Balaban J connectivity index is 1.82. The van der Waals surface area contributed by atoms with Crippen LogP contribution in [0.5, 0.6) is 0 Å². The van der Waals surface area contributed by atoms with Crippen molar-refractivity contribution in [2.45, 2.75) is 27.3 Å². The summed E-state index contributed by atoms with van der Waals surface area (Å²) in [7, 11) is 0. The van der Waals surface area contributed by atoms with Crippen molar-refractivity contribution in [2.75, 3.05) is 0 Å². The zero-order chi connectivity index (χ0) is 20.5. The molecule has 29 heavy (non-hydrogen) atoms. The summed E-state index contributed by atoms with van der Waals surface area (Å²) in [6.45, 7) is 6.46. The van der Waals surface area contributed by atoms with Crippen molar-refractivity contribution in [3.8, 4) is 6.07 Å². The number of aromatic nitrogens is 1. The lowest BCUT2D eigenvalue weighted by molar-refractivity contribution is 0.542. The number of nitriles is 1. The Morgan fingerprint density at radius 3 is 2.59 bits per heavy atom. The number of aryl methyl sites for hydroxylation is 1. The van der Waals surface area contributed by atoms with Gasteiger partial charge in [-0.05, 0) is 38.5 Å². The Morgan fingerprint density at radius 1 is 1.10 bits per heavy atom. The molecule has 4 rings (SSSR count). The Hall–Kier alpha value is -3.29. The molecule has 0 atom stereocenters. The maximum Gasteiger partial charge on any atom is 0.237 e. The SMILES string of the molecule is Cc1oc(/N=C/c2c(C)n(Cc3ccccc3Cl)c3ccccc23)c(C#N)c1C. The number of para-hydroxylation sites is 1. The summed E-state index contributed by atoms with van der Waals surface area (Å²) in [6, 6.07) is 18.3. The molecule has 144 valence electrons. The van der Waals surface area contributed by atoms with Crippen LogP contribution in [0.25, 0.3) is 10.9 Å². The minimum atomic E-state index is 0.352. The highest BCUT2D eigenvalue weighted by molar-refractivity contribution is 6.31. The summed E-state index contributed by atoms with van der Waals surface area (Å²) in [5, 5.41) is 11.3. The molecule has 4 nitrogen and oxygen atoms in total. The zero-order valence-electron chi connectivity index (χ0n) is 16.5. The highest BCUT2D eigenvalue weighted by atomic mass is 35.5. The molecule has 0 fully saturated rings. The van der Waals surface area contributed by atoms with E-state index < -0.39 is 0 Å². The van der Waals surface area contributed by atoms with Crippen molar-refractivity contribution in [1.82, 2.24) is 4.57 Å². The lowest BCUT2D eigenvalue weighted by Crippen LogP contribution is -2.02. The molecule has 0 bridgehead atoms. The number of halogens is 1. The van der Waals surface area contributed by atoms with Crippen LogP contribution < -0.4 is 0 Å². The largest absolute Gasteiger partial charge is 0.442 e. The van der Waals surface area contributed by atoms with E-state index >= 15 is 0 Å². The number of aliphatic imine (C=N–C) groups is 1. The van der Waals surface area contributed by atoms with Crippen LogP contribution in [0.1, 0.15) is 33.7 Å². The molecule has 0 saturated carbocycles. The molecule has 0 amide bonds. The normalized spacial score (nSPS) is 11.4. The van der Waals surface area contributed by atoms with E-state index in [2.05, 4.69) is 34.7 Å².